The number of rotatable bonds is 4. The lowest BCUT2D eigenvalue weighted by atomic mass is 9.93. The van der Waals surface area contributed by atoms with Gasteiger partial charge >= 0.3 is 0 Å². The van der Waals surface area contributed by atoms with Crippen LogP contribution in [-0.2, 0) is 0 Å². The molecule has 68 valence electrons. The highest BCUT2D eigenvalue weighted by Crippen LogP contribution is 2.25. The summed E-state index contributed by atoms with van der Waals surface area (Å²) in [5.74, 6) is 0.703. The first kappa shape index (κ1) is 9.30. The van der Waals surface area contributed by atoms with Crippen LogP contribution in [0.2, 0.25) is 0 Å². The average Bonchev–Trinajstić information content (AvgIpc) is 2.47. The summed E-state index contributed by atoms with van der Waals surface area (Å²) >= 11 is 0. The fourth-order valence-corrected chi connectivity index (χ4v) is 1.70. The highest BCUT2D eigenvalue weighted by molar-refractivity contribution is 5.19. The second-order valence-electron chi connectivity index (χ2n) is 3.34. The Morgan fingerprint density at radius 1 is 1.50 bits per heavy atom. The van der Waals surface area contributed by atoms with Crippen molar-refractivity contribution in [1.29, 1.82) is 0 Å². The summed E-state index contributed by atoms with van der Waals surface area (Å²) in [6.45, 7) is 6.57. The molecule has 1 N–H and O–H groups in total. The number of nitrogens with one attached hydrogen (secondary N) is 1. The molecule has 0 spiro atoms. The van der Waals surface area contributed by atoms with Crippen molar-refractivity contribution in [3.05, 3.63) is 17.5 Å². The third-order valence-electron chi connectivity index (χ3n) is 2.44. The van der Waals surface area contributed by atoms with E-state index in [0.717, 1.165) is 0 Å². The maximum absolute atomic E-state index is 4.05. The Labute approximate surface area is 74.4 Å². The molecule has 1 aromatic rings. The van der Waals surface area contributed by atoms with Crippen LogP contribution in [0.15, 0.2) is 6.20 Å². The molecule has 1 rings (SSSR count). The van der Waals surface area contributed by atoms with E-state index in [4.69, 9.17) is 0 Å². The van der Waals surface area contributed by atoms with Crippen molar-refractivity contribution in [3.8, 4) is 0 Å². The number of H-pyrrole nitrogens is 1. The molecular weight excluding hydrogens is 148 g/mol. The van der Waals surface area contributed by atoms with Crippen molar-refractivity contribution >= 4 is 0 Å². The normalized spacial score (nSPS) is 13.2. The number of aryl methyl sites for hydroxylation is 1. The Hall–Kier alpha value is -0.790. The van der Waals surface area contributed by atoms with Gasteiger partial charge in [-0.2, -0.15) is 5.10 Å². The van der Waals surface area contributed by atoms with Crippen molar-refractivity contribution in [1.82, 2.24) is 10.2 Å². The van der Waals surface area contributed by atoms with Gasteiger partial charge in [0.25, 0.3) is 0 Å². The molecule has 0 saturated carbocycles. The van der Waals surface area contributed by atoms with E-state index < -0.39 is 0 Å². The van der Waals surface area contributed by atoms with Crippen LogP contribution >= 0.6 is 0 Å². The fraction of sp³-hybridized carbons (Fsp3) is 0.700. The molecule has 1 atom stereocenters. The molecule has 2 nitrogen and oxygen atoms in total. The zero-order valence-corrected chi connectivity index (χ0v) is 8.22. The van der Waals surface area contributed by atoms with Gasteiger partial charge < -0.3 is 0 Å². The van der Waals surface area contributed by atoms with Crippen LogP contribution in [0.3, 0.4) is 0 Å². The highest BCUT2D eigenvalue weighted by atomic mass is 15.1. The minimum atomic E-state index is 0.703. The van der Waals surface area contributed by atoms with Gasteiger partial charge in [-0.3, -0.25) is 5.10 Å². The number of aromatic amines is 1. The summed E-state index contributed by atoms with van der Waals surface area (Å²) in [4.78, 5) is 0. The van der Waals surface area contributed by atoms with Gasteiger partial charge in [0.1, 0.15) is 0 Å². The minimum absolute atomic E-state index is 0.703. The summed E-state index contributed by atoms with van der Waals surface area (Å²) in [6, 6.07) is 0. The van der Waals surface area contributed by atoms with Crippen LogP contribution in [0.5, 0.6) is 0 Å². The monoisotopic (exact) mass is 166 g/mol. The van der Waals surface area contributed by atoms with Gasteiger partial charge in [0, 0.05) is 5.69 Å². The summed E-state index contributed by atoms with van der Waals surface area (Å²) < 4.78 is 0. The molecule has 0 aromatic carbocycles. The lowest BCUT2D eigenvalue weighted by Crippen LogP contribution is -1.97. The zero-order chi connectivity index (χ0) is 8.97. The second-order valence-corrected chi connectivity index (χ2v) is 3.34. The predicted molar refractivity (Wildman–Crippen MR) is 51.3 cm³/mol. The van der Waals surface area contributed by atoms with Crippen molar-refractivity contribution in [2.75, 3.05) is 0 Å². The van der Waals surface area contributed by atoms with E-state index in [2.05, 4.69) is 31.0 Å². The Kier molecular flexibility index (Phi) is 3.32. The van der Waals surface area contributed by atoms with Crippen molar-refractivity contribution in [2.24, 2.45) is 0 Å². The summed E-state index contributed by atoms with van der Waals surface area (Å²) in [5, 5.41) is 7.04. The van der Waals surface area contributed by atoms with E-state index in [1.807, 2.05) is 6.20 Å². The Morgan fingerprint density at radius 2 is 2.25 bits per heavy atom. The van der Waals surface area contributed by atoms with Crippen LogP contribution in [0.4, 0.5) is 0 Å². The van der Waals surface area contributed by atoms with E-state index in [1.54, 1.807) is 0 Å². The summed E-state index contributed by atoms with van der Waals surface area (Å²) in [6.07, 6.45) is 5.72. The Balaban J connectivity index is 2.72. The molecule has 0 fully saturated rings. The third-order valence-corrected chi connectivity index (χ3v) is 2.44. The molecule has 12 heavy (non-hydrogen) atoms. The van der Waals surface area contributed by atoms with Gasteiger partial charge in [-0.05, 0) is 31.2 Å². The quantitative estimate of drug-likeness (QED) is 0.731. The maximum atomic E-state index is 4.05. The zero-order valence-electron chi connectivity index (χ0n) is 8.22. The van der Waals surface area contributed by atoms with Crippen molar-refractivity contribution < 1.29 is 0 Å². The van der Waals surface area contributed by atoms with Gasteiger partial charge in [0.15, 0.2) is 0 Å². The maximum Gasteiger partial charge on any atom is 0.0524 e. The van der Waals surface area contributed by atoms with Crippen molar-refractivity contribution in [3.63, 3.8) is 0 Å². The fourth-order valence-electron chi connectivity index (χ4n) is 1.70. The van der Waals surface area contributed by atoms with Crippen LogP contribution in [-0.4, -0.2) is 10.2 Å². The predicted octanol–water partition coefficient (Wildman–Crippen LogP) is 3.01. The highest BCUT2D eigenvalue weighted by Gasteiger charge is 2.11. The lowest BCUT2D eigenvalue weighted by Gasteiger charge is -2.12. The SMILES string of the molecule is CCCC(CC)c1cn[nH]c1C. The molecule has 0 aliphatic heterocycles. The van der Waals surface area contributed by atoms with Crippen LogP contribution in [0.25, 0.3) is 0 Å². The summed E-state index contributed by atoms with van der Waals surface area (Å²) in [5.41, 5.74) is 2.63. The van der Waals surface area contributed by atoms with E-state index >= 15 is 0 Å². The van der Waals surface area contributed by atoms with E-state index in [9.17, 15) is 0 Å². The van der Waals surface area contributed by atoms with Gasteiger partial charge in [0.05, 0.1) is 6.20 Å². The van der Waals surface area contributed by atoms with Crippen molar-refractivity contribution in [2.45, 2.75) is 46.0 Å². The molecule has 2 heteroatoms. The molecule has 0 radical (unpaired) electrons. The van der Waals surface area contributed by atoms with Gasteiger partial charge in [-0.1, -0.05) is 20.3 Å². The third kappa shape index (κ3) is 1.87. The van der Waals surface area contributed by atoms with E-state index in [0.29, 0.717) is 5.92 Å². The lowest BCUT2D eigenvalue weighted by molar-refractivity contribution is 0.593. The molecule has 1 heterocycles. The molecule has 0 aliphatic carbocycles. The number of nitrogens with zero attached hydrogens (tertiary/aromatic N) is 1. The Bertz CT molecular complexity index is 227. The second kappa shape index (κ2) is 4.29. The first-order valence-corrected chi connectivity index (χ1v) is 4.79. The van der Waals surface area contributed by atoms with Gasteiger partial charge in [-0.15, -0.1) is 0 Å². The number of hydrogen-bond donors (Lipinski definition) is 1. The largest absolute Gasteiger partial charge is 0.283 e. The first-order valence-electron chi connectivity index (χ1n) is 4.79. The molecule has 1 unspecified atom stereocenters. The average molecular weight is 166 g/mol. The smallest absolute Gasteiger partial charge is 0.0524 e. The molecule has 1 aromatic heterocycles. The topological polar surface area (TPSA) is 28.7 Å². The standard InChI is InChI=1S/C10H18N2/c1-4-6-9(5-2)10-7-11-12-8(10)3/h7,9H,4-6H2,1-3H3,(H,11,12). The number of hydrogen-bond acceptors (Lipinski definition) is 1. The van der Waals surface area contributed by atoms with Crippen LogP contribution in [0.1, 0.15) is 50.3 Å². The molecule has 0 saturated heterocycles. The molecule has 0 amide bonds. The van der Waals surface area contributed by atoms with Crippen LogP contribution < -0.4 is 0 Å². The molecule has 0 aliphatic rings. The summed E-state index contributed by atoms with van der Waals surface area (Å²) in [7, 11) is 0. The van der Waals surface area contributed by atoms with Crippen LogP contribution in [0, 0.1) is 6.92 Å². The molecular formula is C10H18N2. The molecule has 0 bridgehead atoms. The van der Waals surface area contributed by atoms with E-state index in [1.165, 1.54) is 30.5 Å². The number of aromatic nitrogens is 2. The minimum Gasteiger partial charge on any atom is -0.283 e. The van der Waals surface area contributed by atoms with E-state index in [-0.39, 0.29) is 0 Å². The first-order chi connectivity index (χ1) is 5.79. The van der Waals surface area contributed by atoms with Gasteiger partial charge in [-0.25, -0.2) is 0 Å². The van der Waals surface area contributed by atoms with Gasteiger partial charge in [0.2, 0.25) is 0 Å². The Morgan fingerprint density at radius 3 is 2.67 bits per heavy atom.